The Bertz CT molecular complexity index is 172. The lowest BCUT2D eigenvalue weighted by atomic mass is 10.1. The molecule has 1 atom stereocenters. The third-order valence-corrected chi connectivity index (χ3v) is 2.54. The second-order valence-electron chi connectivity index (χ2n) is 4.23. The minimum atomic E-state index is -4.47. The van der Waals surface area contributed by atoms with Crippen LogP contribution < -0.4 is 0 Å². The van der Waals surface area contributed by atoms with Crippen molar-refractivity contribution in [2.45, 2.75) is 64.1 Å². The Balaban J connectivity index is 3.19. The maximum atomic E-state index is 11.9. The summed E-state index contributed by atoms with van der Waals surface area (Å²) in [5.41, 5.74) is 0. The van der Waals surface area contributed by atoms with E-state index in [1.54, 1.807) is 0 Å². The van der Waals surface area contributed by atoms with Crippen molar-refractivity contribution in [3.63, 3.8) is 0 Å². The molecule has 0 aromatic heterocycles. The molecule has 0 spiro atoms. The minimum absolute atomic E-state index is 0.194. The van der Waals surface area contributed by atoms with Gasteiger partial charge in [0.25, 0.3) is 0 Å². The second kappa shape index (κ2) is 9.71. The molecule has 0 saturated heterocycles. The van der Waals surface area contributed by atoms with Crippen molar-refractivity contribution in [3.8, 4) is 0 Å². The van der Waals surface area contributed by atoms with Crippen LogP contribution in [0.5, 0.6) is 0 Å². The van der Waals surface area contributed by atoms with Gasteiger partial charge in [-0.05, 0) is 19.3 Å². The van der Waals surface area contributed by atoms with E-state index in [0.717, 1.165) is 32.3 Å². The standard InChI is InChI=1S/C12H23F3O2/c1-2-3-9-17-10-7-5-4-6-8-11(16)12(13,14)15/h11,16H,2-10H2,1H3. The largest absolute Gasteiger partial charge is 0.414 e. The Hall–Kier alpha value is -0.290. The Morgan fingerprint density at radius 3 is 2.18 bits per heavy atom. The Morgan fingerprint density at radius 2 is 1.59 bits per heavy atom. The molecule has 0 aliphatic heterocycles. The van der Waals surface area contributed by atoms with Crippen molar-refractivity contribution in [2.75, 3.05) is 13.2 Å². The first-order valence-corrected chi connectivity index (χ1v) is 6.31. The molecular weight excluding hydrogens is 233 g/mol. The Kier molecular flexibility index (Phi) is 9.55. The number of hydrogen-bond acceptors (Lipinski definition) is 2. The molecule has 0 aliphatic rings. The van der Waals surface area contributed by atoms with Gasteiger partial charge in [0.05, 0.1) is 0 Å². The van der Waals surface area contributed by atoms with Crippen molar-refractivity contribution in [3.05, 3.63) is 0 Å². The lowest BCUT2D eigenvalue weighted by Crippen LogP contribution is -2.28. The van der Waals surface area contributed by atoms with Crippen LogP contribution in [0.25, 0.3) is 0 Å². The van der Waals surface area contributed by atoms with Crippen molar-refractivity contribution in [2.24, 2.45) is 0 Å². The molecule has 0 aromatic rings. The molecular formula is C12H23F3O2. The monoisotopic (exact) mass is 256 g/mol. The smallest absolute Gasteiger partial charge is 0.384 e. The third-order valence-electron chi connectivity index (χ3n) is 2.54. The predicted molar refractivity (Wildman–Crippen MR) is 60.9 cm³/mol. The summed E-state index contributed by atoms with van der Waals surface area (Å²) in [6, 6.07) is 0. The van der Waals surface area contributed by atoms with E-state index in [0.29, 0.717) is 19.4 Å². The Labute approximate surface area is 101 Å². The highest BCUT2D eigenvalue weighted by atomic mass is 19.4. The second-order valence-corrected chi connectivity index (χ2v) is 4.23. The zero-order valence-electron chi connectivity index (χ0n) is 10.4. The number of aliphatic hydroxyl groups is 1. The van der Waals surface area contributed by atoms with Crippen LogP contribution in [0.3, 0.4) is 0 Å². The summed E-state index contributed by atoms with van der Waals surface area (Å²) < 4.78 is 41.1. The number of alkyl halides is 3. The zero-order chi connectivity index (χ0) is 13.1. The van der Waals surface area contributed by atoms with Gasteiger partial charge in [0.1, 0.15) is 6.10 Å². The predicted octanol–water partition coefficient (Wildman–Crippen LogP) is 3.68. The first kappa shape index (κ1) is 16.7. The molecule has 0 heterocycles. The maximum absolute atomic E-state index is 11.9. The summed E-state index contributed by atoms with van der Waals surface area (Å²) in [6.45, 7) is 3.54. The van der Waals surface area contributed by atoms with E-state index in [2.05, 4.69) is 6.92 Å². The average Bonchev–Trinajstić information content (AvgIpc) is 2.25. The normalized spacial score (nSPS) is 13.9. The van der Waals surface area contributed by atoms with E-state index in [9.17, 15) is 13.2 Å². The SMILES string of the molecule is CCCCOCCCCCCC(O)C(F)(F)F. The number of halogens is 3. The van der Waals surface area contributed by atoms with Crippen molar-refractivity contribution < 1.29 is 23.0 Å². The van der Waals surface area contributed by atoms with Crippen molar-refractivity contribution in [1.29, 1.82) is 0 Å². The van der Waals surface area contributed by atoms with Gasteiger partial charge in [-0.25, -0.2) is 0 Å². The molecule has 0 fully saturated rings. The number of rotatable bonds is 10. The topological polar surface area (TPSA) is 29.5 Å². The van der Waals surface area contributed by atoms with Crippen LogP contribution in [0.4, 0.5) is 13.2 Å². The molecule has 0 bridgehead atoms. The summed E-state index contributed by atoms with van der Waals surface area (Å²) in [5, 5.41) is 8.74. The molecule has 0 aliphatic carbocycles. The van der Waals surface area contributed by atoms with Gasteiger partial charge in [-0.2, -0.15) is 13.2 Å². The third kappa shape index (κ3) is 10.6. The van der Waals surface area contributed by atoms with E-state index < -0.39 is 12.3 Å². The fraction of sp³-hybridized carbons (Fsp3) is 1.00. The molecule has 0 aromatic carbocycles. The van der Waals surface area contributed by atoms with Gasteiger partial charge in [0.2, 0.25) is 0 Å². The minimum Gasteiger partial charge on any atom is -0.384 e. The number of hydrogen-bond donors (Lipinski definition) is 1. The molecule has 1 N–H and O–H groups in total. The summed E-state index contributed by atoms with van der Waals surface area (Å²) in [4.78, 5) is 0. The van der Waals surface area contributed by atoms with Gasteiger partial charge in [-0.1, -0.05) is 32.6 Å². The van der Waals surface area contributed by atoms with Crippen LogP contribution in [0.1, 0.15) is 51.9 Å². The fourth-order valence-electron chi connectivity index (χ4n) is 1.41. The van der Waals surface area contributed by atoms with E-state index in [-0.39, 0.29) is 6.42 Å². The lowest BCUT2D eigenvalue weighted by molar-refractivity contribution is -0.205. The highest BCUT2D eigenvalue weighted by molar-refractivity contribution is 4.64. The average molecular weight is 256 g/mol. The summed E-state index contributed by atoms with van der Waals surface area (Å²) in [6.07, 6.45) is -1.80. The van der Waals surface area contributed by atoms with Gasteiger partial charge in [0, 0.05) is 13.2 Å². The summed E-state index contributed by atoms with van der Waals surface area (Å²) >= 11 is 0. The molecule has 17 heavy (non-hydrogen) atoms. The molecule has 0 radical (unpaired) electrons. The molecule has 0 amide bonds. The van der Waals surface area contributed by atoms with E-state index in [1.807, 2.05) is 0 Å². The molecule has 5 heteroatoms. The van der Waals surface area contributed by atoms with Crippen LogP contribution in [-0.4, -0.2) is 30.6 Å². The molecule has 1 unspecified atom stereocenters. The number of ether oxygens (including phenoxy) is 1. The first-order chi connectivity index (χ1) is 7.98. The molecule has 104 valence electrons. The Morgan fingerprint density at radius 1 is 1.00 bits per heavy atom. The quantitative estimate of drug-likeness (QED) is 0.604. The highest BCUT2D eigenvalue weighted by Crippen LogP contribution is 2.23. The van der Waals surface area contributed by atoms with Crippen LogP contribution >= 0.6 is 0 Å². The van der Waals surface area contributed by atoms with Gasteiger partial charge in [0.15, 0.2) is 0 Å². The van der Waals surface area contributed by atoms with Crippen molar-refractivity contribution in [1.82, 2.24) is 0 Å². The van der Waals surface area contributed by atoms with Crippen LogP contribution in [-0.2, 0) is 4.74 Å². The van der Waals surface area contributed by atoms with Crippen molar-refractivity contribution >= 4 is 0 Å². The maximum Gasteiger partial charge on any atom is 0.414 e. The number of unbranched alkanes of at least 4 members (excludes halogenated alkanes) is 4. The molecule has 0 rings (SSSR count). The molecule has 0 saturated carbocycles. The first-order valence-electron chi connectivity index (χ1n) is 6.31. The highest BCUT2D eigenvalue weighted by Gasteiger charge is 2.37. The van der Waals surface area contributed by atoms with Gasteiger partial charge >= 0.3 is 6.18 Å². The van der Waals surface area contributed by atoms with E-state index in [1.165, 1.54) is 0 Å². The van der Waals surface area contributed by atoms with E-state index in [4.69, 9.17) is 9.84 Å². The fourth-order valence-corrected chi connectivity index (χ4v) is 1.41. The van der Waals surface area contributed by atoms with Gasteiger partial charge in [-0.3, -0.25) is 0 Å². The summed E-state index contributed by atoms with van der Waals surface area (Å²) in [7, 11) is 0. The van der Waals surface area contributed by atoms with Crippen LogP contribution in [0, 0.1) is 0 Å². The number of aliphatic hydroxyl groups excluding tert-OH is 1. The van der Waals surface area contributed by atoms with Crippen LogP contribution in [0.2, 0.25) is 0 Å². The summed E-state index contributed by atoms with van der Waals surface area (Å²) in [5.74, 6) is 0. The van der Waals surface area contributed by atoms with Gasteiger partial charge in [-0.15, -0.1) is 0 Å². The lowest BCUT2D eigenvalue weighted by Gasteiger charge is -2.13. The molecule has 2 nitrogen and oxygen atoms in total. The zero-order valence-corrected chi connectivity index (χ0v) is 10.4. The van der Waals surface area contributed by atoms with Crippen LogP contribution in [0.15, 0.2) is 0 Å². The van der Waals surface area contributed by atoms with E-state index >= 15 is 0 Å². The van der Waals surface area contributed by atoms with Gasteiger partial charge < -0.3 is 9.84 Å².